The van der Waals surface area contributed by atoms with Crippen LogP contribution in [-0.2, 0) is 6.54 Å². The van der Waals surface area contributed by atoms with Gasteiger partial charge in [0.2, 0.25) is 5.88 Å². The fourth-order valence-electron chi connectivity index (χ4n) is 4.21. The first kappa shape index (κ1) is 23.2. The van der Waals surface area contributed by atoms with E-state index in [0.29, 0.717) is 37.7 Å². The van der Waals surface area contributed by atoms with Crippen molar-refractivity contribution >= 4 is 23.2 Å². The fraction of sp³-hybridized carbons (Fsp3) is 0.240. The Morgan fingerprint density at radius 2 is 1.74 bits per heavy atom. The van der Waals surface area contributed by atoms with Gasteiger partial charge < -0.3 is 14.0 Å². The van der Waals surface area contributed by atoms with Gasteiger partial charge in [0.1, 0.15) is 11.3 Å². The number of hydrogen-bond donors (Lipinski definition) is 0. The number of imidazole rings is 1. The third kappa shape index (κ3) is 5.11. The lowest BCUT2D eigenvalue weighted by Crippen LogP contribution is -2.48. The number of aromatic nitrogens is 3. The molecule has 0 spiro atoms. The molecule has 1 fully saturated rings. The van der Waals surface area contributed by atoms with E-state index in [-0.39, 0.29) is 17.5 Å². The van der Waals surface area contributed by atoms with Crippen molar-refractivity contribution in [3.8, 4) is 17.1 Å². The van der Waals surface area contributed by atoms with E-state index in [9.17, 15) is 13.6 Å². The van der Waals surface area contributed by atoms with E-state index >= 15 is 0 Å². The van der Waals surface area contributed by atoms with Crippen LogP contribution in [0.15, 0.2) is 66.9 Å². The highest BCUT2D eigenvalue weighted by Crippen LogP contribution is 2.27. The van der Waals surface area contributed by atoms with E-state index in [1.54, 1.807) is 4.90 Å². The Balaban J connectivity index is 1.30. The van der Waals surface area contributed by atoms with Crippen LogP contribution < -0.4 is 4.74 Å². The molecule has 0 aliphatic carbocycles. The Morgan fingerprint density at radius 3 is 2.49 bits per heavy atom. The van der Waals surface area contributed by atoms with Crippen molar-refractivity contribution in [2.24, 2.45) is 0 Å². The van der Waals surface area contributed by atoms with Crippen LogP contribution in [0.2, 0.25) is 5.02 Å². The van der Waals surface area contributed by atoms with Gasteiger partial charge in [-0.05, 0) is 30.3 Å². The molecule has 0 bridgehead atoms. The molecule has 1 aromatic carbocycles. The summed E-state index contributed by atoms with van der Waals surface area (Å²) in [6.07, 6.45) is 2.00. The van der Waals surface area contributed by atoms with Gasteiger partial charge in [-0.15, -0.1) is 0 Å². The summed E-state index contributed by atoms with van der Waals surface area (Å²) in [6.45, 7) is -0.0472. The standard InChI is InChI=1S/C25H22ClF2N5O2/c26-18-9-7-17(8-10-18)23-20(33-11-2-1-5-21(33)30-23)16-31-12-14-32(15-13-31)24(34)19-4-3-6-22(29-19)35-25(27)28/h1-11,25H,12-16H2. The second-order valence-electron chi connectivity index (χ2n) is 8.15. The van der Waals surface area contributed by atoms with Crippen molar-refractivity contribution in [3.05, 3.63) is 83.3 Å². The van der Waals surface area contributed by atoms with E-state index in [1.807, 2.05) is 48.7 Å². The minimum atomic E-state index is -2.99. The molecule has 1 amide bonds. The molecular weight excluding hydrogens is 476 g/mol. The first-order valence-corrected chi connectivity index (χ1v) is 11.5. The molecule has 0 unspecified atom stereocenters. The van der Waals surface area contributed by atoms with Crippen LogP contribution in [0.4, 0.5) is 8.78 Å². The predicted octanol–water partition coefficient (Wildman–Crippen LogP) is 4.61. The molecule has 0 radical (unpaired) electrons. The van der Waals surface area contributed by atoms with Crippen molar-refractivity contribution in [1.82, 2.24) is 24.2 Å². The van der Waals surface area contributed by atoms with Crippen molar-refractivity contribution in [2.75, 3.05) is 26.2 Å². The average Bonchev–Trinajstić information content (AvgIpc) is 3.22. The third-order valence-corrected chi connectivity index (χ3v) is 6.18. The van der Waals surface area contributed by atoms with E-state index in [1.165, 1.54) is 18.2 Å². The van der Waals surface area contributed by atoms with Crippen LogP contribution in [0.5, 0.6) is 5.88 Å². The summed E-state index contributed by atoms with van der Waals surface area (Å²) in [5.41, 5.74) is 3.88. The molecule has 35 heavy (non-hydrogen) atoms. The predicted molar refractivity (Wildman–Crippen MR) is 128 cm³/mol. The summed E-state index contributed by atoms with van der Waals surface area (Å²) >= 11 is 6.08. The minimum Gasteiger partial charge on any atom is -0.417 e. The van der Waals surface area contributed by atoms with Gasteiger partial charge in [0, 0.05) is 55.6 Å². The van der Waals surface area contributed by atoms with Crippen LogP contribution in [-0.4, -0.2) is 62.9 Å². The molecule has 5 rings (SSSR count). The van der Waals surface area contributed by atoms with Crippen molar-refractivity contribution in [1.29, 1.82) is 0 Å². The van der Waals surface area contributed by atoms with E-state index in [0.717, 1.165) is 22.6 Å². The Kier molecular flexibility index (Phi) is 6.61. The highest BCUT2D eigenvalue weighted by Gasteiger charge is 2.25. The molecule has 1 aliphatic rings. The summed E-state index contributed by atoms with van der Waals surface area (Å²) in [6, 6.07) is 17.8. The van der Waals surface area contributed by atoms with Crippen LogP contribution in [0.3, 0.4) is 0 Å². The molecule has 4 aromatic rings. The number of carbonyl (C=O) groups excluding carboxylic acids is 1. The third-order valence-electron chi connectivity index (χ3n) is 5.93. The van der Waals surface area contributed by atoms with Gasteiger partial charge >= 0.3 is 6.61 Å². The molecule has 10 heteroatoms. The summed E-state index contributed by atoms with van der Waals surface area (Å²) in [4.78, 5) is 25.6. The highest BCUT2D eigenvalue weighted by molar-refractivity contribution is 6.30. The average molecular weight is 498 g/mol. The minimum absolute atomic E-state index is 0.0865. The Morgan fingerprint density at radius 1 is 0.971 bits per heavy atom. The van der Waals surface area contributed by atoms with E-state index in [4.69, 9.17) is 16.6 Å². The Bertz CT molecular complexity index is 1340. The molecule has 0 N–H and O–H groups in total. The smallest absolute Gasteiger partial charge is 0.388 e. The number of hydrogen-bond acceptors (Lipinski definition) is 5. The Labute approximate surface area is 205 Å². The van der Waals surface area contributed by atoms with Crippen LogP contribution in [0.25, 0.3) is 16.9 Å². The van der Waals surface area contributed by atoms with Gasteiger partial charge in [0.15, 0.2) is 0 Å². The maximum absolute atomic E-state index is 12.9. The van der Waals surface area contributed by atoms with Gasteiger partial charge in [-0.2, -0.15) is 8.78 Å². The second kappa shape index (κ2) is 9.97. The van der Waals surface area contributed by atoms with Gasteiger partial charge in [-0.3, -0.25) is 9.69 Å². The maximum Gasteiger partial charge on any atom is 0.388 e. The quantitative estimate of drug-likeness (QED) is 0.389. The number of amides is 1. The molecular formula is C25H22ClF2N5O2. The molecule has 0 saturated carbocycles. The lowest BCUT2D eigenvalue weighted by atomic mass is 10.1. The number of ether oxygens (including phenoxy) is 1. The van der Waals surface area contributed by atoms with Crippen LogP contribution in [0.1, 0.15) is 16.2 Å². The zero-order chi connectivity index (χ0) is 24.4. The topological polar surface area (TPSA) is 63.0 Å². The highest BCUT2D eigenvalue weighted by atomic mass is 35.5. The lowest BCUT2D eigenvalue weighted by molar-refractivity contribution is -0.0529. The number of benzene rings is 1. The van der Waals surface area contributed by atoms with Gasteiger partial charge in [0.25, 0.3) is 5.91 Å². The second-order valence-corrected chi connectivity index (χ2v) is 8.59. The van der Waals surface area contributed by atoms with Gasteiger partial charge in [0.05, 0.1) is 11.4 Å². The number of halogens is 3. The molecule has 0 atom stereocenters. The molecule has 1 saturated heterocycles. The van der Waals surface area contributed by atoms with E-state index < -0.39 is 6.61 Å². The van der Waals surface area contributed by atoms with E-state index in [2.05, 4.69) is 19.0 Å². The van der Waals surface area contributed by atoms with Crippen LogP contribution in [0, 0.1) is 0 Å². The first-order valence-electron chi connectivity index (χ1n) is 11.1. The number of fused-ring (bicyclic) bond motifs is 1. The number of carbonyl (C=O) groups is 1. The SMILES string of the molecule is O=C(c1cccc(OC(F)F)n1)N1CCN(Cc2c(-c3ccc(Cl)cc3)nc3ccccn23)CC1. The summed E-state index contributed by atoms with van der Waals surface area (Å²) in [7, 11) is 0. The van der Waals surface area contributed by atoms with Gasteiger partial charge in [-0.1, -0.05) is 35.9 Å². The lowest BCUT2D eigenvalue weighted by Gasteiger charge is -2.34. The van der Waals surface area contributed by atoms with Gasteiger partial charge in [-0.25, -0.2) is 9.97 Å². The fourth-order valence-corrected chi connectivity index (χ4v) is 4.34. The van der Waals surface area contributed by atoms with Crippen molar-refractivity contribution in [3.63, 3.8) is 0 Å². The maximum atomic E-state index is 12.9. The van der Waals surface area contributed by atoms with Crippen LogP contribution >= 0.6 is 11.6 Å². The number of alkyl halides is 2. The monoisotopic (exact) mass is 497 g/mol. The number of nitrogens with zero attached hydrogens (tertiary/aromatic N) is 5. The molecule has 3 aromatic heterocycles. The summed E-state index contributed by atoms with van der Waals surface area (Å²) < 4.78 is 31.4. The molecule has 7 nitrogen and oxygen atoms in total. The Hall–Kier alpha value is -3.56. The molecule has 1 aliphatic heterocycles. The number of rotatable bonds is 6. The van der Waals surface area contributed by atoms with Crippen molar-refractivity contribution in [2.45, 2.75) is 13.2 Å². The zero-order valence-electron chi connectivity index (χ0n) is 18.7. The molecule has 180 valence electrons. The molecule has 4 heterocycles. The zero-order valence-corrected chi connectivity index (χ0v) is 19.4. The summed E-state index contributed by atoms with van der Waals surface area (Å²) in [5, 5.41) is 0.667. The normalized spacial score (nSPS) is 14.6. The first-order chi connectivity index (χ1) is 17.0. The van der Waals surface area contributed by atoms with Crippen molar-refractivity contribution < 1.29 is 18.3 Å². The number of piperazine rings is 1. The summed E-state index contributed by atoms with van der Waals surface area (Å²) in [5.74, 6) is -0.576. The largest absolute Gasteiger partial charge is 0.417 e. The number of pyridine rings is 2.